The summed E-state index contributed by atoms with van der Waals surface area (Å²) in [5.74, 6) is 0.955. The van der Waals surface area contributed by atoms with Gasteiger partial charge in [-0.1, -0.05) is 17.2 Å². The fraction of sp³-hybridized carbons (Fsp3) is 0.594. The first kappa shape index (κ1) is 36.9. The number of allylic oxidation sites excluding steroid dienone is 2. The van der Waals surface area contributed by atoms with Gasteiger partial charge in [0, 0.05) is 17.5 Å². The van der Waals surface area contributed by atoms with Crippen LogP contribution in [0.15, 0.2) is 56.8 Å². The standard InChI is InChI=1S/C32H44O15/c1-16(9-10-42-21-12-19-18(11-20(21)41-3)7-8-24(34)45-19)5-4-6-17(2)14-43-31-30(40)28(38)26(36)23(47-31)15-44-32-29(39)27(37)25(35)22(13-33)46-32/h6-9,11-12,22-23,25-33,35-40H,4-5,10,13-15H2,1-3H3/b16-9+,17-6-/t22-,23-,25-,26+,27+,28+,29-,30-,31-,32-/m1/s1. The zero-order chi connectivity index (χ0) is 34.2. The van der Waals surface area contributed by atoms with Gasteiger partial charge in [0.15, 0.2) is 24.1 Å². The molecule has 0 radical (unpaired) electrons. The molecule has 2 aromatic rings. The molecule has 0 amide bonds. The Morgan fingerprint density at radius 3 is 2.15 bits per heavy atom. The second-order valence-corrected chi connectivity index (χ2v) is 11.6. The summed E-state index contributed by atoms with van der Waals surface area (Å²) in [6, 6.07) is 6.34. The molecule has 15 heteroatoms. The van der Waals surface area contributed by atoms with Gasteiger partial charge in [-0.3, -0.25) is 0 Å². The molecule has 0 unspecified atom stereocenters. The van der Waals surface area contributed by atoms with Crippen molar-refractivity contribution in [1.29, 1.82) is 0 Å². The third kappa shape index (κ3) is 9.37. The lowest BCUT2D eigenvalue weighted by Crippen LogP contribution is -2.61. The molecule has 2 fully saturated rings. The number of aliphatic hydroxyl groups is 7. The normalized spacial score (nSPS) is 32.0. The van der Waals surface area contributed by atoms with Gasteiger partial charge in [-0.05, 0) is 44.9 Å². The summed E-state index contributed by atoms with van der Waals surface area (Å²) in [5.41, 5.74) is 1.82. The Morgan fingerprint density at radius 1 is 0.809 bits per heavy atom. The third-order valence-electron chi connectivity index (χ3n) is 8.02. The Balaban J connectivity index is 1.23. The Bertz CT molecular complexity index is 1420. The molecular formula is C32H44O15. The zero-order valence-corrected chi connectivity index (χ0v) is 26.4. The van der Waals surface area contributed by atoms with E-state index in [1.54, 1.807) is 18.2 Å². The van der Waals surface area contributed by atoms with Crippen molar-refractivity contribution in [1.82, 2.24) is 0 Å². The van der Waals surface area contributed by atoms with E-state index in [2.05, 4.69) is 0 Å². The predicted octanol–water partition coefficient (Wildman–Crippen LogP) is -0.506. The zero-order valence-electron chi connectivity index (χ0n) is 26.4. The molecule has 7 N–H and O–H groups in total. The van der Waals surface area contributed by atoms with Gasteiger partial charge in [-0.2, -0.15) is 0 Å². The molecule has 10 atom stereocenters. The van der Waals surface area contributed by atoms with Gasteiger partial charge < -0.3 is 68.6 Å². The van der Waals surface area contributed by atoms with Crippen LogP contribution in [0.2, 0.25) is 0 Å². The summed E-state index contributed by atoms with van der Waals surface area (Å²) in [6.45, 7) is 3.02. The first-order valence-corrected chi connectivity index (χ1v) is 15.2. The average Bonchev–Trinajstić information content (AvgIpc) is 3.05. The minimum atomic E-state index is -1.66. The van der Waals surface area contributed by atoms with Crippen LogP contribution in [-0.4, -0.2) is 131 Å². The molecule has 3 heterocycles. The van der Waals surface area contributed by atoms with Gasteiger partial charge >= 0.3 is 5.63 Å². The molecule has 47 heavy (non-hydrogen) atoms. The van der Waals surface area contributed by atoms with Crippen molar-refractivity contribution >= 4 is 11.0 Å². The fourth-order valence-corrected chi connectivity index (χ4v) is 5.13. The minimum absolute atomic E-state index is 0.0502. The highest BCUT2D eigenvalue weighted by Crippen LogP contribution is 2.32. The number of aliphatic hydroxyl groups excluding tert-OH is 7. The van der Waals surface area contributed by atoms with Gasteiger partial charge in [-0.15, -0.1) is 0 Å². The monoisotopic (exact) mass is 668 g/mol. The topological polar surface area (TPSA) is 227 Å². The van der Waals surface area contributed by atoms with Crippen molar-refractivity contribution in [3.05, 3.63) is 58.0 Å². The van der Waals surface area contributed by atoms with Crippen LogP contribution in [0.4, 0.5) is 0 Å². The maximum absolute atomic E-state index is 11.6. The fourth-order valence-electron chi connectivity index (χ4n) is 5.13. The van der Waals surface area contributed by atoms with E-state index in [0.29, 0.717) is 28.9 Å². The van der Waals surface area contributed by atoms with Crippen molar-refractivity contribution in [2.24, 2.45) is 0 Å². The van der Waals surface area contributed by atoms with Crippen LogP contribution < -0.4 is 15.1 Å². The first-order valence-electron chi connectivity index (χ1n) is 15.2. The predicted molar refractivity (Wildman–Crippen MR) is 164 cm³/mol. The van der Waals surface area contributed by atoms with E-state index in [-0.39, 0.29) is 13.2 Å². The van der Waals surface area contributed by atoms with Crippen LogP contribution in [0.1, 0.15) is 26.7 Å². The van der Waals surface area contributed by atoms with E-state index in [9.17, 15) is 40.5 Å². The lowest BCUT2D eigenvalue weighted by atomic mass is 9.98. The van der Waals surface area contributed by atoms with Crippen molar-refractivity contribution in [2.45, 2.75) is 88.1 Å². The molecule has 0 saturated carbocycles. The molecule has 2 aliphatic heterocycles. The summed E-state index contributed by atoms with van der Waals surface area (Å²) in [4.78, 5) is 11.6. The minimum Gasteiger partial charge on any atom is -0.493 e. The molecule has 0 bridgehead atoms. The molecule has 4 rings (SSSR count). The van der Waals surface area contributed by atoms with Crippen LogP contribution in [0.25, 0.3) is 11.0 Å². The molecule has 0 aliphatic carbocycles. The van der Waals surface area contributed by atoms with E-state index in [1.165, 1.54) is 13.2 Å². The van der Waals surface area contributed by atoms with Crippen LogP contribution in [-0.2, 0) is 18.9 Å². The highest BCUT2D eigenvalue weighted by Gasteiger charge is 2.47. The molecule has 2 saturated heterocycles. The Labute approximate surface area is 270 Å². The van der Waals surface area contributed by atoms with Gasteiger partial charge in [-0.25, -0.2) is 4.79 Å². The smallest absolute Gasteiger partial charge is 0.336 e. The van der Waals surface area contributed by atoms with E-state index >= 15 is 0 Å². The van der Waals surface area contributed by atoms with Gasteiger partial charge in [0.2, 0.25) is 0 Å². The molecule has 0 spiro atoms. The SMILES string of the molecule is COc1cc2ccc(=O)oc2cc1OC/C=C(\C)CC/C=C(/C)CO[C@@H]1O[C@H](CO[C@@H]2O[C@H](CO)[C@@H](O)[C@H](O)[C@H]2O)[C@H](O)[C@H](O)[C@H]1O. The van der Waals surface area contributed by atoms with Gasteiger partial charge in [0.05, 0.1) is 26.9 Å². The molecule has 15 nitrogen and oxygen atoms in total. The largest absolute Gasteiger partial charge is 0.493 e. The molecule has 262 valence electrons. The lowest BCUT2D eigenvalue weighted by Gasteiger charge is -2.42. The maximum Gasteiger partial charge on any atom is 0.336 e. The highest BCUT2D eigenvalue weighted by molar-refractivity contribution is 5.80. The van der Waals surface area contributed by atoms with E-state index in [4.69, 9.17) is 32.8 Å². The van der Waals surface area contributed by atoms with Gasteiger partial charge in [0.1, 0.15) is 61.0 Å². The molecule has 1 aromatic carbocycles. The molecular weight excluding hydrogens is 624 g/mol. The highest BCUT2D eigenvalue weighted by atomic mass is 16.7. The summed E-state index contributed by atoms with van der Waals surface area (Å²) in [6.07, 6.45) is -9.57. The van der Waals surface area contributed by atoms with Crippen molar-refractivity contribution in [3.63, 3.8) is 0 Å². The first-order chi connectivity index (χ1) is 22.4. The van der Waals surface area contributed by atoms with E-state index in [0.717, 1.165) is 17.6 Å². The van der Waals surface area contributed by atoms with Crippen LogP contribution in [0, 0.1) is 0 Å². The van der Waals surface area contributed by atoms with Crippen molar-refractivity contribution < 1.29 is 68.6 Å². The number of fused-ring (bicyclic) bond motifs is 1. The summed E-state index contributed by atoms with van der Waals surface area (Å²) >= 11 is 0. The number of rotatable bonds is 14. The van der Waals surface area contributed by atoms with E-state index < -0.39 is 80.3 Å². The van der Waals surface area contributed by atoms with Crippen LogP contribution in [0.5, 0.6) is 11.5 Å². The molecule has 2 aliphatic rings. The molecule has 1 aromatic heterocycles. The van der Waals surface area contributed by atoms with Crippen LogP contribution in [0.3, 0.4) is 0 Å². The Hall–Kier alpha value is -2.93. The Morgan fingerprint density at radius 2 is 1.47 bits per heavy atom. The second-order valence-electron chi connectivity index (χ2n) is 11.6. The number of hydrogen-bond donors (Lipinski definition) is 7. The second kappa shape index (κ2) is 16.9. The number of hydrogen-bond acceptors (Lipinski definition) is 15. The number of ether oxygens (including phenoxy) is 6. The number of benzene rings is 1. The summed E-state index contributed by atoms with van der Waals surface area (Å²) in [5, 5.41) is 71.3. The quantitative estimate of drug-likeness (QED) is 0.0994. The van der Waals surface area contributed by atoms with Crippen LogP contribution >= 0.6 is 0 Å². The number of methoxy groups -OCH3 is 1. The average molecular weight is 669 g/mol. The Kier molecular flexibility index (Phi) is 13.3. The summed E-state index contributed by atoms with van der Waals surface area (Å²) < 4.78 is 38.5. The van der Waals surface area contributed by atoms with E-state index in [1.807, 2.05) is 26.0 Å². The summed E-state index contributed by atoms with van der Waals surface area (Å²) in [7, 11) is 1.53. The van der Waals surface area contributed by atoms with Gasteiger partial charge in [0.25, 0.3) is 0 Å². The van der Waals surface area contributed by atoms with Crippen molar-refractivity contribution in [3.8, 4) is 11.5 Å². The lowest BCUT2D eigenvalue weighted by molar-refractivity contribution is -0.330. The third-order valence-corrected chi connectivity index (χ3v) is 8.02. The maximum atomic E-state index is 11.6. The van der Waals surface area contributed by atoms with Crippen molar-refractivity contribution in [2.75, 3.05) is 33.5 Å².